The molecule has 0 saturated carbocycles. The summed E-state index contributed by atoms with van der Waals surface area (Å²) >= 11 is 0. The zero-order chi connectivity index (χ0) is 24.3. The predicted octanol–water partition coefficient (Wildman–Crippen LogP) is 4.11. The summed E-state index contributed by atoms with van der Waals surface area (Å²) in [5.74, 6) is 12.4. The summed E-state index contributed by atoms with van der Waals surface area (Å²) in [6, 6.07) is 11.2. The van der Waals surface area contributed by atoms with Gasteiger partial charge in [-0.15, -0.1) is 0 Å². The van der Waals surface area contributed by atoms with Gasteiger partial charge in [0.25, 0.3) is 0 Å². The number of amides is 2. The number of carbonyl (C=O) groups excluding carboxylic acids is 1. The Morgan fingerprint density at radius 2 is 1.79 bits per heavy atom. The number of nitrogens with zero attached hydrogens (tertiary/aromatic N) is 4. The quantitative estimate of drug-likeness (QED) is 0.320. The number of aryl methyl sites for hydroxylation is 3. The highest BCUT2D eigenvalue weighted by Crippen LogP contribution is 2.28. The average Bonchev–Trinajstić information content (AvgIpc) is 3.09. The summed E-state index contributed by atoms with van der Waals surface area (Å²) in [7, 11) is 1.46. The lowest BCUT2D eigenvalue weighted by atomic mass is 10.0. The molecule has 0 atom stereocenters. The lowest BCUT2D eigenvalue weighted by molar-refractivity contribution is 0.216. The van der Waals surface area contributed by atoms with E-state index >= 15 is 0 Å². The van der Waals surface area contributed by atoms with Crippen LogP contribution in [0, 0.1) is 20.8 Å². The summed E-state index contributed by atoms with van der Waals surface area (Å²) < 4.78 is 8.18. The molecule has 0 unspecified atom stereocenters. The number of benzene rings is 2. The molecule has 1 aromatic heterocycles. The minimum atomic E-state index is -0.513. The van der Waals surface area contributed by atoms with E-state index in [1.807, 2.05) is 42.8 Å². The van der Waals surface area contributed by atoms with Gasteiger partial charge in [0.1, 0.15) is 12.4 Å². The van der Waals surface area contributed by atoms with E-state index in [0.29, 0.717) is 5.69 Å². The van der Waals surface area contributed by atoms with Gasteiger partial charge in [-0.2, -0.15) is 5.10 Å². The lowest BCUT2D eigenvalue weighted by Gasteiger charge is -2.24. The largest absolute Gasteiger partial charge is 0.489 e. The highest BCUT2D eigenvalue weighted by atomic mass is 16.5. The van der Waals surface area contributed by atoms with Crippen LogP contribution in [0.3, 0.4) is 0 Å². The molecule has 3 aromatic rings. The Kier molecular flexibility index (Phi) is 7.40. The highest BCUT2D eigenvalue weighted by molar-refractivity contribution is 5.91. The number of anilines is 1. The second kappa shape index (κ2) is 10.1. The van der Waals surface area contributed by atoms with E-state index < -0.39 is 6.03 Å². The number of hydrazine groups is 2. The number of hydrogen-bond donors (Lipinski definition) is 2. The third-order valence-corrected chi connectivity index (χ3v) is 5.97. The topological polar surface area (TPSA) is 103 Å². The van der Waals surface area contributed by atoms with Crippen molar-refractivity contribution in [2.24, 2.45) is 11.7 Å². The summed E-state index contributed by atoms with van der Waals surface area (Å²) in [5, 5.41) is 6.72. The Morgan fingerprint density at radius 1 is 1.06 bits per heavy atom. The van der Waals surface area contributed by atoms with Crippen LogP contribution in [-0.2, 0) is 19.4 Å². The molecule has 176 valence electrons. The maximum Gasteiger partial charge on any atom is 0.352 e. The Morgan fingerprint density at radius 3 is 2.36 bits per heavy atom. The van der Waals surface area contributed by atoms with Gasteiger partial charge in [0.2, 0.25) is 0 Å². The number of urea groups is 1. The van der Waals surface area contributed by atoms with Gasteiger partial charge in [-0.1, -0.05) is 26.0 Å². The van der Waals surface area contributed by atoms with E-state index in [-0.39, 0.29) is 6.61 Å². The van der Waals surface area contributed by atoms with Crippen molar-refractivity contribution in [2.45, 2.75) is 54.1 Å². The monoisotopic (exact) mass is 450 g/mol. The summed E-state index contributed by atoms with van der Waals surface area (Å²) in [4.78, 5) is 12.3. The van der Waals surface area contributed by atoms with Crippen LogP contribution in [0.2, 0.25) is 0 Å². The first-order chi connectivity index (χ1) is 15.7. The fourth-order valence-electron chi connectivity index (χ4n) is 4.13. The zero-order valence-electron chi connectivity index (χ0n) is 20.3. The zero-order valence-corrected chi connectivity index (χ0v) is 20.3. The third-order valence-electron chi connectivity index (χ3n) is 5.97. The van der Waals surface area contributed by atoms with Crippen LogP contribution in [0.5, 0.6) is 5.75 Å². The number of nitrogens with two attached hydrogens (primary N) is 2. The van der Waals surface area contributed by atoms with E-state index in [2.05, 4.69) is 26.8 Å². The SMILES string of the molecule is CCc1cccc(N(N)C(=O)N(C)N)c1COc1ccc(-n2nc(C)c(CC)c2C)cc1C. The molecule has 4 N–H and O–H groups in total. The Hall–Kier alpha value is -3.36. The van der Waals surface area contributed by atoms with Gasteiger partial charge in [0.15, 0.2) is 0 Å². The third kappa shape index (κ3) is 4.86. The number of rotatable bonds is 7. The molecule has 2 amide bonds. The Labute approximate surface area is 195 Å². The van der Waals surface area contributed by atoms with Gasteiger partial charge in [-0.3, -0.25) is 5.01 Å². The fourth-order valence-corrected chi connectivity index (χ4v) is 4.13. The molecule has 0 aliphatic rings. The molecule has 3 rings (SSSR count). The number of aromatic nitrogens is 2. The number of ether oxygens (including phenoxy) is 1. The van der Waals surface area contributed by atoms with Gasteiger partial charge in [0, 0.05) is 18.3 Å². The number of carbonyl (C=O) groups is 1. The summed E-state index contributed by atoms with van der Waals surface area (Å²) in [6.45, 7) is 10.6. The molecule has 1 heterocycles. The smallest absolute Gasteiger partial charge is 0.352 e. The molecule has 33 heavy (non-hydrogen) atoms. The summed E-state index contributed by atoms with van der Waals surface area (Å²) in [5.41, 5.74) is 7.96. The normalized spacial score (nSPS) is 10.9. The van der Waals surface area contributed by atoms with Crippen molar-refractivity contribution in [1.82, 2.24) is 14.8 Å². The molecular weight excluding hydrogens is 416 g/mol. The van der Waals surface area contributed by atoms with Crippen molar-refractivity contribution in [3.05, 3.63) is 70.0 Å². The lowest BCUT2D eigenvalue weighted by Crippen LogP contribution is -2.49. The average molecular weight is 451 g/mol. The minimum Gasteiger partial charge on any atom is -0.489 e. The number of hydrogen-bond acceptors (Lipinski definition) is 5. The van der Waals surface area contributed by atoms with Crippen LogP contribution >= 0.6 is 0 Å². The first-order valence-corrected chi connectivity index (χ1v) is 11.2. The van der Waals surface area contributed by atoms with Gasteiger partial charge < -0.3 is 4.74 Å². The van der Waals surface area contributed by atoms with E-state index in [1.54, 1.807) is 6.07 Å². The molecule has 0 saturated heterocycles. The van der Waals surface area contributed by atoms with Gasteiger partial charge in [-0.25, -0.2) is 26.2 Å². The van der Waals surface area contributed by atoms with Crippen molar-refractivity contribution in [3.8, 4) is 11.4 Å². The maximum absolute atomic E-state index is 12.3. The molecule has 2 aromatic carbocycles. The van der Waals surface area contributed by atoms with Crippen LogP contribution in [0.25, 0.3) is 5.69 Å². The molecule has 0 aliphatic carbocycles. The van der Waals surface area contributed by atoms with Crippen molar-refractivity contribution in [1.29, 1.82) is 0 Å². The van der Waals surface area contributed by atoms with Gasteiger partial charge in [-0.05, 0) is 74.6 Å². The van der Waals surface area contributed by atoms with Gasteiger partial charge in [0.05, 0.1) is 17.1 Å². The van der Waals surface area contributed by atoms with Crippen molar-refractivity contribution >= 4 is 11.7 Å². The van der Waals surface area contributed by atoms with Gasteiger partial charge >= 0.3 is 6.03 Å². The van der Waals surface area contributed by atoms with E-state index in [0.717, 1.165) is 62.4 Å². The highest BCUT2D eigenvalue weighted by Gasteiger charge is 2.20. The first-order valence-electron chi connectivity index (χ1n) is 11.2. The molecule has 0 aliphatic heterocycles. The predicted molar refractivity (Wildman–Crippen MR) is 131 cm³/mol. The van der Waals surface area contributed by atoms with Crippen LogP contribution in [-0.4, -0.2) is 27.9 Å². The van der Waals surface area contributed by atoms with Crippen LogP contribution in [0.4, 0.5) is 10.5 Å². The summed E-state index contributed by atoms with van der Waals surface area (Å²) in [6.07, 6.45) is 1.74. The Bertz CT molecular complexity index is 1150. The standard InChI is InChI=1S/C25H34N6O2/c1-7-19-10-9-11-23(30(27)25(32)29(6)26)22(19)15-33-24-13-12-20(14-16(24)3)31-18(5)21(8-2)17(4)28-31/h9-14H,7-8,15,26-27H2,1-6H3. The van der Waals surface area contributed by atoms with Crippen LogP contribution < -0.4 is 21.4 Å². The molecule has 8 heteroatoms. The molecule has 0 radical (unpaired) electrons. The van der Waals surface area contributed by atoms with E-state index in [9.17, 15) is 4.79 Å². The van der Waals surface area contributed by atoms with Crippen molar-refractivity contribution in [2.75, 3.05) is 12.1 Å². The Balaban J connectivity index is 1.88. The molecule has 8 nitrogen and oxygen atoms in total. The van der Waals surface area contributed by atoms with Crippen LogP contribution in [0.1, 0.15) is 47.5 Å². The minimum absolute atomic E-state index is 0.273. The van der Waals surface area contributed by atoms with E-state index in [1.165, 1.54) is 12.6 Å². The fraction of sp³-hybridized carbons (Fsp3) is 0.360. The second-order valence-electron chi connectivity index (χ2n) is 8.19. The molecular formula is C25H34N6O2. The maximum atomic E-state index is 12.3. The molecule has 0 fully saturated rings. The van der Waals surface area contributed by atoms with Crippen molar-refractivity contribution in [3.63, 3.8) is 0 Å². The first kappa shape index (κ1) is 24.3. The van der Waals surface area contributed by atoms with Crippen molar-refractivity contribution < 1.29 is 9.53 Å². The van der Waals surface area contributed by atoms with Crippen LogP contribution in [0.15, 0.2) is 36.4 Å². The van der Waals surface area contributed by atoms with E-state index in [4.69, 9.17) is 21.5 Å². The molecule has 0 spiro atoms. The molecule has 0 bridgehead atoms. The second-order valence-corrected chi connectivity index (χ2v) is 8.19.